The summed E-state index contributed by atoms with van der Waals surface area (Å²) in [6, 6.07) is 0. The highest BCUT2D eigenvalue weighted by Crippen LogP contribution is 2.89. The van der Waals surface area contributed by atoms with Gasteiger partial charge in [-0.15, -0.1) is 0 Å². The SMILES string of the molecule is FC1(F)C2(Cl)C(F)(F)C1(Cl)C2(F)F. The fourth-order valence-electron chi connectivity index (χ4n) is 1.71. The molecule has 3 saturated carbocycles. The molecule has 0 spiro atoms. The molecule has 3 rings (SSSR count). The van der Waals surface area contributed by atoms with Crippen molar-refractivity contribution in [2.45, 2.75) is 27.5 Å². The summed E-state index contributed by atoms with van der Waals surface area (Å²) in [6.45, 7) is 0. The average Bonchev–Trinajstić information content (AvgIpc) is 1.99. The maximum atomic E-state index is 12.5. The summed E-state index contributed by atoms with van der Waals surface area (Å²) in [7, 11) is 0. The Labute approximate surface area is 77.8 Å². The van der Waals surface area contributed by atoms with Crippen LogP contribution in [0, 0.1) is 0 Å². The molecular weight excluding hydrogens is 245 g/mol. The van der Waals surface area contributed by atoms with Crippen molar-refractivity contribution in [2.75, 3.05) is 0 Å². The molecule has 0 amide bonds. The van der Waals surface area contributed by atoms with E-state index in [1.807, 2.05) is 0 Å². The van der Waals surface area contributed by atoms with Crippen LogP contribution in [0.2, 0.25) is 0 Å². The van der Waals surface area contributed by atoms with Gasteiger partial charge >= 0.3 is 17.8 Å². The maximum Gasteiger partial charge on any atom is 0.309 e. The molecule has 0 aromatic carbocycles. The van der Waals surface area contributed by atoms with Crippen LogP contribution in [0.15, 0.2) is 0 Å². The van der Waals surface area contributed by atoms with Crippen LogP contribution in [-0.4, -0.2) is 27.5 Å². The molecule has 2 bridgehead atoms. The Morgan fingerprint density at radius 2 is 0.692 bits per heavy atom. The summed E-state index contributed by atoms with van der Waals surface area (Å²) in [5.74, 6) is -13.3. The molecule has 3 aliphatic carbocycles. The Balaban J connectivity index is 2.57. The summed E-state index contributed by atoms with van der Waals surface area (Å²) in [4.78, 5) is -8.29. The average molecular weight is 245 g/mol. The van der Waals surface area contributed by atoms with Crippen molar-refractivity contribution in [1.29, 1.82) is 0 Å². The van der Waals surface area contributed by atoms with E-state index >= 15 is 0 Å². The summed E-state index contributed by atoms with van der Waals surface area (Å²) in [6.07, 6.45) is 0. The van der Waals surface area contributed by atoms with Crippen molar-refractivity contribution < 1.29 is 26.3 Å². The van der Waals surface area contributed by atoms with Crippen molar-refractivity contribution in [1.82, 2.24) is 0 Å². The minimum Gasteiger partial charge on any atom is -0.202 e. The van der Waals surface area contributed by atoms with Gasteiger partial charge < -0.3 is 0 Å². The molecule has 3 aliphatic rings. The molecule has 0 heterocycles. The maximum absolute atomic E-state index is 12.5. The summed E-state index contributed by atoms with van der Waals surface area (Å²) >= 11 is 9.00. The highest BCUT2D eigenvalue weighted by atomic mass is 35.5. The molecule has 76 valence electrons. The topological polar surface area (TPSA) is 0 Å². The Morgan fingerprint density at radius 1 is 0.538 bits per heavy atom. The molecule has 3 fully saturated rings. The van der Waals surface area contributed by atoms with Gasteiger partial charge in [0.15, 0.2) is 0 Å². The van der Waals surface area contributed by atoms with Crippen molar-refractivity contribution in [2.24, 2.45) is 0 Å². The lowest BCUT2D eigenvalue weighted by molar-refractivity contribution is -0.483. The Hall–Kier alpha value is 0.160. The van der Waals surface area contributed by atoms with E-state index in [2.05, 4.69) is 23.2 Å². The van der Waals surface area contributed by atoms with E-state index in [1.54, 1.807) is 0 Å². The zero-order valence-corrected chi connectivity index (χ0v) is 7.04. The molecule has 0 aromatic heterocycles. The van der Waals surface area contributed by atoms with E-state index in [4.69, 9.17) is 0 Å². The minimum atomic E-state index is -4.45. The third kappa shape index (κ3) is 0.428. The fourth-order valence-corrected chi connectivity index (χ4v) is 2.70. The normalized spacial score (nSPS) is 53.5. The van der Waals surface area contributed by atoms with Crippen LogP contribution >= 0.6 is 23.2 Å². The zero-order chi connectivity index (χ0) is 10.5. The molecule has 8 heteroatoms. The lowest BCUT2D eigenvalue weighted by Gasteiger charge is -2.76. The Kier molecular flexibility index (Phi) is 1.24. The lowest BCUT2D eigenvalue weighted by Crippen LogP contribution is -3.08. The molecule has 0 saturated heterocycles. The van der Waals surface area contributed by atoms with Crippen molar-refractivity contribution in [3.05, 3.63) is 0 Å². The van der Waals surface area contributed by atoms with Gasteiger partial charge in [0.25, 0.3) is 0 Å². The third-order valence-electron chi connectivity index (χ3n) is 2.60. The van der Waals surface area contributed by atoms with Crippen LogP contribution in [0.25, 0.3) is 0 Å². The Bertz CT molecular complexity index is 230. The van der Waals surface area contributed by atoms with Gasteiger partial charge in [0.2, 0.25) is 9.75 Å². The number of halogens is 8. The summed E-state index contributed by atoms with van der Waals surface area (Å²) in [5.41, 5.74) is 0. The van der Waals surface area contributed by atoms with Gasteiger partial charge in [-0.2, -0.15) is 0 Å². The van der Waals surface area contributed by atoms with Crippen LogP contribution in [0.5, 0.6) is 0 Å². The number of hydrogen-bond acceptors (Lipinski definition) is 0. The zero-order valence-electron chi connectivity index (χ0n) is 5.52. The Morgan fingerprint density at radius 3 is 0.769 bits per heavy atom. The first-order chi connectivity index (χ1) is 5.50. The molecule has 0 unspecified atom stereocenters. The quantitative estimate of drug-likeness (QED) is 0.454. The van der Waals surface area contributed by atoms with Gasteiger partial charge in [-0.25, -0.2) is 26.3 Å². The molecule has 0 aromatic rings. The monoisotopic (exact) mass is 244 g/mol. The lowest BCUT2D eigenvalue weighted by atomic mass is 9.44. The van der Waals surface area contributed by atoms with Crippen LogP contribution in [0.4, 0.5) is 26.3 Å². The van der Waals surface area contributed by atoms with Gasteiger partial charge in [0, 0.05) is 0 Å². The van der Waals surface area contributed by atoms with Gasteiger partial charge in [-0.1, -0.05) is 23.2 Å². The van der Waals surface area contributed by atoms with E-state index in [9.17, 15) is 26.3 Å². The third-order valence-corrected chi connectivity index (χ3v) is 4.02. The summed E-state index contributed by atoms with van der Waals surface area (Å²) < 4.78 is 75.1. The second-order valence-electron chi connectivity index (χ2n) is 3.04. The van der Waals surface area contributed by atoms with E-state index in [0.29, 0.717) is 0 Å². The highest BCUT2D eigenvalue weighted by Gasteiger charge is 3.18. The van der Waals surface area contributed by atoms with Crippen molar-refractivity contribution in [3.63, 3.8) is 0 Å². The van der Waals surface area contributed by atoms with Crippen molar-refractivity contribution >= 4 is 23.2 Å². The standard InChI is InChI=1S/C5Cl2F6/c6-1-3(8,9)2(7,4(1,10)11)5(1,12)13. The first-order valence-corrected chi connectivity index (χ1v) is 3.77. The molecule has 13 heavy (non-hydrogen) atoms. The molecular formula is C5Cl2F6. The van der Waals surface area contributed by atoms with Crippen LogP contribution in [-0.2, 0) is 0 Å². The molecule has 0 atom stereocenters. The minimum absolute atomic E-state index is 4.14. The number of rotatable bonds is 0. The van der Waals surface area contributed by atoms with Crippen molar-refractivity contribution in [3.8, 4) is 0 Å². The van der Waals surface area contributed by atoms with E-state index in [1.165, 1.54) is 0 Å². The van der Waals surface area contributed by atoms with E-state index in [-0.39, 0.29) is 0 Å². The van der Waals surface area contributed by atoms with Gasteiger partial charge in [0.1, 0.15) is 0 Å². The van der Waals surface area contributed by atoms with E-state index in [0.717, 1.165) is 0 Å². The highest BCUT2D eigenvalue weighted by molar-refractivity contribution is 6.40. The van der Waals surface area contributed by atoms with Crippen LogP contribution < -0.4 is 0 Å². The fraction of sp³-hybridized carbons (Fsp3) is 1.00. The second-order valence-corrected chi connectivity index (χ2v) is 4.17. The first kappa shape index (κ1) is 9.71. The second kappa shape index (κ2) is 1.66. The smallest absolute Gasteiger partial charge is 0.202 e. The predicted octanol–water partition coefficient (Wildman–Crippen LogP) is 2.87. The van der Waals surface area contributed by atoms with Gasteiger partial charge in [0.05, 0.1) is 0 Å². The molecule has 0 radical (unpaired) electrons. The molecule has 0 N–H and O–H groups in total. The first-order valence-electron chi connectivity index (χ1n) is 3.01. The van der Waals surface area contributed by atoms with Crippen LogP contribution in [0.1, 0.15) is 0 Å². The summed E-state index contributed by atoms with van der Waals surface area (Å²) in [5, 5.41) is 0. The molecule has 0 aliphatic heterocycles. The number of hydrogen-bond donors (Lipinski definition) is 0. The van der Waals surface area contributed by atoms with Gasteiger partial charge in [-0.3, -0.25) is 0 Å². The largest absolute Gasteiger partial charge is 0.309 e. The van der Waals surface area contributed by atoms with Gasteiger partial charge in [-0.05, 0) is 0 Å². The number of alkyl halides is 8. The van der Waals surface area contributed by atoms with E-state index < -0.39 is 27.5 Å². The molecule has 0 nitrogen and oxygen atoms in total. The predicted molar refractivity (Wildman–Crippen MR) is 32.0 cm³/mol. The van der Waals surface area contributed by atoms with Crippen LogP contribution in [0.3, 0.4) is 0 Å².